The molecule has 3 rings (SSSR count). The van der Waals surface area contributed by atoms with Gasteiger partial charge in [-0.2, -0.15) is 0 Å². The van der Waals surface area contributed by atoms with Crippen LogP contribution in [0.3, 0.4) is 0 Å². The van der Waals surface area contributed by atoms with E-state index in [4.69, 9.17) is 0 Å². The largest absolute Gasteiger partial charge is 0.383 e. The molecule has 1 unspecified atom stereocenters. The molecule has 1 aromatic carbocycles. The quantitative estimate of drug-likeness (QED) is 0.716. The zero-order chi connectivity index (χ0) is 12.7. The van der Waals surface area contributed by atoms with Crippen LogP contribution in [0.15, 0.2) is 38.9 Å². The van der Waals surface area contributed by atoms with Crippen LogP contribution in [0.2, 0.25) is 0 Å². The lowest BCUT2D eigenvalue weighted by atomic mass is 9.98. The first kappa shape index (κ1) is 12.5. The Morgan fingerprint density at radius 3 is 2.89 bits per heavy atom. The minimum Gasteiger partial charge on any atom is -0.383 e. The van der Waals surface area contributed by atoms with E-state index in [2.05, 4.69) is 68.5 Å². The molecule has 0 spiro atoms. The van der Waals surface area contributed by atoms with Crippen molar-refractivity contribution in [2.75, 3.05) is 0 Å². The number of allylic oxidation sites excluding steroid dienone is 2. The third kappa shape index (κ3) is 2.30. The maximum absolute atomic E-state index is 3.72. The average molecular weight is 369 g/mol. The van der Waals surface area contributed by atoms with Crippen LogP contribution in [0.1, 0.15) is 23.1 Å². The molecule has 1 N–H and O–H groups in total. The van der Waals surface area contributed by atoms with Gasteiger partial charge in [-0.25, -0.2) is 0 Å². The van der Waals surface area contributed by atoms with Gasteiger partial charge in [-0.15, -0.1) is 0 Å². The molecule has 0 amide bonds. The Balaban J connectivity index is 2.01. The van der Waals surface area contributed by atoms with E-state index in [1.807, 2.05) is 0 Å². The van der Waals surface area contributed by atoms with Gasteiger partial charge in [-0.05, 0) is 76.5 Å². The van der Waals surface area contributed by atoms with Crippen molar-refractivity contribution in [3.63, 3.8) is 0 Å². The molecule has 0 bridgehead atoms. The van der Waals surface area contributed by atoms with Crippen molar-refractivity contribution in [3.05, 3.63) is 55.6 Å². The van der Waals surface area contributed by atoms with Crippen LogP contribution in [0.4, 0.5) is 0 Å². The number of dihydropyridines is 1. The van der Waals surface area contributed by atoms with Gasteiger partial charge in [0.05, 0.1) is 6.04 Å². The number of nitrogens with one attached hydrogen (secondary N) is 1. The second kappa shape index (κ2) is 4.86. The third-order valence-corrected chi connectivity index (χ3v) is 4.88. The second-order valence-corrected chi connectivity index (χ2v) is 6.83. The molecule has 1 atom stereocenters. The van der Waals surface area contributed by atoms with E-state index < -0.39 is 0 Å². The summed E-state index contributed by atoms with van der Waals surface area (Å²) in [4.78, 5) is 0. The topological polar surface area (TPSA) is 12.0 Å². The number of hydrogen-bond acceptors (Lipinski definition) is 1. The molecule has 1 aliphatic carbocycles. The minimum atomic E-state index is 0.451. The summed E-state index contributed by atoms with van der Waals surface area (Å²) in [7, 11) is 0. The van der Waals surface area contributed by atoms with Gasteiger partial charge in [0.15, 0.2) is 0 Å². The van der Waals surface area contributed by atoms with Crippen LogP contribution in [-0.2, 0) is 12.8 Å². The molecular weight excluding hydrogens is 354 g/mol. The zero-order valence-corrected chi connectivity index (χ0v) is 13.4. The van der Waals surface area contributed by atoms with Crippen molar-refractivity contribution in [1.82, 2.24) is 5.32 Å². The van der Waals surface area contributed by atoms with E-state index in [1.54, 1.807) is 0 Å². The van der Waals surface area contributed by atoms with E-state index in [1.165, 1.54) is 26.7 Å². The van der Waals surface area contributed by atoms with Crippen LogP contribution in [0, 0.1) is 6.92 Å². The number of hydrogen-bond donors (Lipinski definition) is 1. The fraction of sp³-hybridized carbons (Fsp3) is 0.333. The predicted molar refractivity (Wildman–Crippen MR) is 82.9 cm³/mol. The zero-order valence-electron chi connectivity index (χ0n) is 10.3. The molecule has 1 heterocycles. The Hall–Kier alpha value is -0.540. The third-order valence-electron chi connectivity index (χ3n) is 3.72. The molecule has 1 aliphatic heterocycles. The second-order valence-electron chi connectivity index (χ2n) is 5.06. The monoisotopic (exact) mass is 367 g/mol. The number of benzene rings is 1. The summed E-state index contributed by atoms with van der Waals surface area (Å²) < 4.78 is 2.41. The van der Waals surface area contributed by atoms with Crippen LogP contribution >= 0.6 is 31.9 Å². The predicted octanol–water partition coefficient (Wildman–Crippen LogP) is 4.38. The van der Waals surface area contributed by atoms with Gasteiger partial charge >= 0.3 is 0 Å². The lowest BCUT2D eigenvalue weighted by Gasteiger charge is -2.23. The summed E-state index contributed by atoms with van der Waals surface area (Å²) >= 11 is 7.27. The first-order valence-electron chi connectivity index (χ1n) is 6.23. The number of halogens is 2. The Bertz CT molecular complexity index is 558. The molecule has 0 fully saturated rings. The molecular formula is C15H15Br2N. The van der Waals surface area contributed by atoms with Crippen molar-refractivity contribution in [2.45, 2.75) is 32.2 Å². The lowest BCUT2D eigenvalue weighted by Crippen LogP contribution is -2.30. The standard InChI is InChI=1S/C15H15Br2N/c1-9-4-10-2-3-11-6-12(16)8-18-15(11)7-13(10)14(17)5-9/h4-6,8,15,18H,2-3,7H2,1H3. The van der Waals surface area contributed by atoms with E-state index in [0.717, 1.165) is 23.7 Å². The van der Waals surface area contributed by atoms with E-state index in [0.29, 0.717) is 6.04 Å². The van der Waals surface area contributed by atoms with Gasteiger partial charge < -0.3 is 5.32 Å². The summed E-state index contributed by atoms with van der Waals surface area (Å²) in [5, 5.41) is 3.50. The summed E-state index contributed by atoms with van der Waals surface area (Å²) in [5.74, 6) is 0. The van der Waals surface area contributed by atoms with Gasteiger partial charge in [-0.3, -0.25) is 0 Å². The molecule has 1 nitrogen and oxygen atoms in total. The lowest BCUT2D eigenvalue weighted by molar-refractivity contribution is 0.639. The maximum atomic E-state index is 3.72. The highest BCUT2D eigenvalue weighted by atomic mass is 79.9. The molecule has 0 saturated heterocycles. The molecule has 3 heteroatoms. The normalized spacial score (nSPS) is 22.1. The van der Waals surface area contributed by atoms with Crippen molar-refractivity contribution in [2.24, 2.45) is 0 Å². The average Bonchev–Trinajstić information content (AvgIpc) is 2.49. The maximum Gasteiger partial charge on any atom is 0.0513 e. The summed E-state index contributed by atoms with van der Waals surface area (Å²) in [6.45, 7) is 2.17. The van der Waals surface area contributed by atoms with Crippen molar-refractivity contribution < 1.29 is 0 Å². The van der Waals surface area contributed by atoms with E-state index in [9.17, 15) is 0 Å². The molecule has 0 saturated carbocycles. The number of fused-ring (bicyclic) bond motifs is 2. The van der Waals surface area contributed by atoms with Crippen LogP contribution in [-0.4, -0.2) is 6.04 Å². The summed E-state index contributed by atoms with van der Waals surface area (Å²) in [5.41, 5.74) is 5.81. The van der Waals surface area contributed by atoms with Gasteiger partial charge in [0.2, 0.25) is 0 Å². The Morgan fingerprint density at radius 2 is 2.06 bits per heavy atom. The first-order valence-corrected chi connectivity index (χ1v) is 7.82. The highest BCUT2D eigenvalue weighted by molar-refractivity contribution is 9.12. The Morgan fingerprint density at radius 1 is 1.22 bits per heavy atom. The highest BCUT2D eigenvalue weighted by Crippen LogP contribution is 2.33. The molecule has 94 valence electrons. The number of rotatable bonds is 0. The molecule has 0 aromatic heterocycles. The van der Waals surface area contributed by atoms with Crippen LogP contribution in [0.5, 0.6) is 0 Å². The SMILES string of the molecule is Cc1cc(Br)c2c(c1)CCC1=CC(Br)=CNC1C2. The summed E-state index contributed by atoms with van der Waals surface area (Å²) in [6, 6.07) is 5.01. The first-order chi connectivity index (χ1) is 8.63. The van der Waals surface area contributed by atoms with Crippen molar-refractivity contribution in [1.29, 1.82) is 0 Å². The van der Waals surface area contributed by atoms with Crippen molar-refractivity contribution >= 4 is 31.9 Å². The fourth-order valence-corrected chi connectivity index (χ4v) is 4.03. The highest BCUT2D eigenvalue weighted by Gasteiger charge is 2.23. The van der Waals surface area contributed by atoms with Gasteiger partial charge in [0.1, 0.15) is 0 Å². The van der Waals surface area contributed by atoms with Gasteiger partial charge in [0, 0.05) is 15.2 Å². The Labute approximate surface area is 125 Å². The molecule has 18 heavy (non-hydrogen) atoms. The molecule has 1 aromatic rings. The van der Waals surface area contributed by atoms with Gasteiger partial charge in [0.25, 0.3) is 0 Å². The number of aryl methyl sites for hydroxylation is 2. The minimum absolute atomic E-state index is 0.451. The van der Waals surface area contributed by atoms with E-state index >= 15 is 0 Å². The fourth-order valence-electron chi connectivity index (χ4n) is 2.82. The van der Waals surface area contributed by atoms with E-state index in [-0.39, 0.29) is 0 Å². The van der Waals surface area contributed by atoms with Crippen LogP contribution in [0.25, 0.3) is 0 Å². The van der Waals surface area contributed by atoms with Crippen LogP contribution < -0.4 is 5.32 Å². The molecule has 0 radical (unpaired) electrons. The Kier molecular flexibility index (Phi) is 3.37. The van der Waals surface area contributed by atoms with Crippen molar-refractivity contribution in [3.8, 4) is 0 Å². The van der Waals surface area contributed by atoms with Gasteiger partial charge in [-0.1, -0.05) is 22.0 Å². The smallest absolute Gasteiger partial charge is 0.0513 e. The summed E-state index contributed by atoms with van der Waals surface area (Å²) in [6.07, 6.45) is 7.68. The molecule has 2 aliphatic rings.